The van der Waals surface area contributed by atoms with Gasteiger partial charge in [0.2, 0.25) is 0 Å². The first-order valence-electron chi connectivity index (χ1n) is 6.85. The third-order valence-electron chi connectivity index (χ3n) is 4.07. The molecular formula is C15H21F2N. The van der Waals surface area contributed by atoms with Crippen molar-refractivity contribution in [3.63, 3.8) is 0 Å². The van der Waals surface area contributed by atoms with Crippen molar-refractivity contribution < 1.29 is 8.78 Å². The minimum Gasteiger partial charge on any atom is -0.311 e. The van der Waals surface area contributed by atoms with Crippen LogP contribution >= 0.6 is 0 Å². The largest absolute Gasteiger partial charge is 0.311 e. The maximum Gasteiger partial charge on any atom is 0.162 e. The number of hydrogen-bond donors (Lipinski definition) is 1. The first-order valence-corrected chi connectivity index (χ1v) is 6.85. The van der Waals surface area contributed by atoms with Crippen LogP contribution in [0.3, 0.4) is 0 Å². The van der Waals surface area contributed by atoms with Crippen molar-refractivity contribution in [2.75, 3.05) is 6.54 Å². The van der Waals surface area contributed by atoms with Crippen molar-refractivity contribution in [3.8, 4) is 0 Å². The fraction of sp³-hybridized carbons (Fsp3) is 0.600. The quantitative estimate of drug-likeness (QED) is 0.863. The predicted molar refractivity (Wildman–Crippen MR) is 69.6 cm³/mol. The van der Waals surface area contributed by atoms with Crippen LogP contribution in [0, 0.1) is 11.6 Å². The zero-order chi connectivity index (χ0) is 13.0. The zero-order valence-electron chi connectivity index (χ0n) is 10.9. The molecule has 18 heavy (non-hydrogen) atoms. The molecule has 0 aliphatic carbocycles. The molecule has 100 valence electrons. The van der Waals surface area contributed by atoms with Crippen LogP contribution in [0.15, 0.2) is 18.2 Å². The minimum atomic E-state index is -0.743. The van der Waals surface area contributed by atoms with E-state index in [-0.39, 0.29) is 5.54 Å². The molecule has 1 N–H and O–H groups in total. The first kappa shape index (κ1) is 13.5. The Morgan fingerprint density at radius 1 is 1.22 bits per heavy atom. The Morgan fingerprint density at radius 3 is 2.83 bits per heavy atom. The molecule has 1 aromatic rings. The van der Waals surface area contributed by atoms with Crippen LogP contribution in [-0.2, 0) is 6.42 Å². The molecule has 1 aromatic carbocycles. The van der Waals surface area contributed by atoms with Crippen LogP contribution < -0.4 is 5.32 Å². The van der Waals surface area contributed by atoms with E-state index in [1.807, 2.05) is 0 Å². The van der Waals surface area contributed by atoms with Crippen LogP contribution in [0.4, 0.5) is 8.78 Å². The highest BCUT2D eigenvalue weighted by molar-refractivity contribution is 5.21. The molecule has 1 nitrogen and oxygen atoms in total. The molecule has 3 heteroatoms. The third-order valence-corrected chi connectivity index (χ3v) is 4.07. The highest BCUT2D eigenvalue weighted by atomic mass is 19.2. The van der Waals surface area contributed by atoms with Gasteiger partial charge in [-0.1, -0.05) is 31.9 Å². The average Bonchev–Trinajstić information content (AvgIpc) is 2.61. The van der Waals surface area contributed by atoms with Crippen LogP contribution in [0.5, 0.6) is 0 Å². The minimum absolute atomic E-state index is 0.0644. The Morgan fingerprint density at radius 2 is 2.06 bits per heavy atom. The smallest absolute Gasteiger partial charge is 0.162 e. The van der Waals surface area contributed by atoms with Crippen molar-refractivity contribution in [1.29, 1.82) is 0 Å². The van der Waals surface area contributed by atoms with Gasteiger partial charge in [0, 0.05) is 5.54 Å². The van der Waals surface area contributed by atoms with Gasteiger partial charge in [0.15, 0.2) is 11.6 Å². The molecule has 1 aliphatic rings. The standard InChI is InChI=1S/C15H21F2N/c1-2-15(9-4-3-5-10-18-15)11-12-7-6-8-13(16)14(12)17/h6-8,18H,2-5,9-11H2,1H3. The summed E-state index contributed by atoms with van der Waals surface area (Å²) >= 11 is 0. The fourth-order valence-electron chi connectivity index (χ4n) is 2.83. The molecule has 0 radical (unpaired) electrons. The molecule has 1 heterocycles. The fourth-order valence-corrected chi connectivity index (χ4v) is 2.83. The van der Waals surface area contributed by atoms with Crippen molar-refractivity contribution in [1.82, 2.24) is 5.32 Å². The topological polar surface area (TPSA) is 12.0 Å². The van der Waals surface area contributed by atoms with Gasteiger partial charge in [0.1, 0.15) is 0 Å². The molecular weight excluding hydrogens is 232 g/mol. The van der Waals surface area contributed by atoms with Crippen LogP contribution in [0.1, 0.15) is 44.6 Å². The highest BCUT2D eigenvalue weighted by Crippen LogP contribution is 2.28. The van der Waals surface area contributed by atoms with E-state index in [2.05, 4.69) is 12.2 Å². The summed E-state index contributed by atoms with van der Waals surface area (Å²) in [6.45, 7) is 3.10. The van der Waals surface area contributed by atoms with Crippen molar-refractivity contribution in [2.24, 2.45) is 0 Å². The second-order valence-electron chi connectivity index (χ2n) is 5.26. The summed E-state index contributed by atoms with van der Waals surface area (Å²) in [5, 5.41) is 3.55. The van der Waals surface area contributed by atoms with Crippen molar-refractivity contribution in [2.45, 2.75) is 51.0 Å². The van der Waals surface area contributed by atoms with Crippen molar-refractivity contribution >= 4 is 0 Å². The molecule has 1 unspecified atom stereocenters. The average molecular weight is 253 g/mol. The summed E-state index contributed by atoms with van der Waals surface area (Å²) in [5.41, 5.74) is 0.428. The summed E-state index contributed by atoms with van der Waals surface area (Å²) in [6.07, 6.45) is 6.13. The van der Waals surface area contributed by atoms with Crippen molar-refractivity contribution in [3.05, 3.63) is 35.4 Å². The van der Waals surface area contributed by atoms with E-state index in [0.717, 1.165) is 25.8 Å². The van der Waals surface area contributed by atoms with E-state index < -0.39 is 11.6 Å². The first-order chi connectivity index (χ1) is 8.67. The van der Waals surface area contributed by atoms with Gasteiger partial charge in [-0.25, -0.2) is 8.78 Å². The highest BCUT2D eigenvalue weighted by Gasteiger charge is 2.30. The summed E-state index contributed by atoms with van der Waals surface area (Å²) in [5.74, 6) is -1.43. The second kappa shape index (κ2) is 5.79. The van der Waals surface area contributed by atoms with Gasteiger partial charge in [-0.05, 0) is 43.9 Å². The van der Waals surface area contributed by atoms with Crippen LogP contribution in [-0.4, -0.2) is 12.1 Å². The molecule has 0 amide bonds. The summed E-state index contributed by atoms with van der Waals surface area (Å²) in [7, 11) is 0. The molecule has 1 aliphatic heterocycles. The van der Waals surface area contributed by atoms with E-state index in [9.17, 15) is 8.78 Å². The lowest BCUT2D eigenvalue weighted by atomic mass is 9.84. The molecule has 1 saturated heterocycles. The van der Waals surface area contributed by atoms with E-state index in [1.54, 1.807) is 12.1 Å². The monoisotopic (exact) mass is 253 g/mol. The molecule has 1 fully saturated rings. The molecule has 0 bridgehead atoms. The number of hydrogen-bond acceptors (Lipinski definition) is 1. The maximum atomic E-state index is 13.8. The molecule has 2 rings (SSSR count). The molecule has 0 saturated carbocycles. The molecule has 0 aromatic heterocycles. The van der Waals surface area contributed by atoms with Gasteiger partial charge in [-0.2, -0.15) is 0 Å². The van der Waals surface area contributed by atoms with E-state index in [0.29, 0.717) is 12.0 Å². The van der Waals surface area contributed by atoms with Gasteiger partial charge in [-0.3, -0.25) is 0 Å². The maximum absolute atomic E-state index is 13.8. The van der Waals surface area contributed by atoms with Gasteiger partial charge in [-0.15, -0.1) is 0 Å². The molecule has 0 spiro atoms. The van der Waals surface area contributed by atoms with Gasteiger partial charge >= 0.3 is 0 Å². The summed E-state index contributed by atoms with van der Waals surface area (Å²) in [4.78, 5) is 0. The molecule has 1 atom stereocenters. The van der Waals surface area contributed by atoms with E-state index >= 15 is 0 Å². The number of nitrogens with one attached hydrogen (secondary N) is 1. The number of rotatable bonds is 3. The summed E-state index contributed by atoms with van der Waals surface area (Å²) < 4.78 is 27.0. The number of halogens is 2. The lowest BCUT2D eigenvalue weighted by Crippen LogP contribution is -2.46. The lowest BCUT2D eigenvalue weighted by molar-refractivity contribution is 0.297. The summed E-state index contributed by atoms with van der Waals surface area (Å²) in [6, 6.07) is 4.47. The Balaban J connectivity index is 2.21. The third kappa shape index (κ3) is 2.89. The Labute approximate surface area is 108 Å². The van der Waals surface area contributed by atoms with E-state index in [4.69, 9.17) is 0 Å². The Kier molecular flexibility index (Phi) is 4.33. The Bertz CT molecular complexity index is 395. The van der Waals surface area contributed by atoms with Gasteiger partial charge < -0.3 is 5.32 Å². The zero-order valence-corrected chi connectivity index (χ0v) is 10.9. The predicted octanol–water partition coefficient (Wildman–Crippen LogP) is 3.82. The van der Waals surface area contributed by atoms with Gasteiger partial charge in [0.05, 0.1) is 0 Å². The van der Waals surface area contributed by atoms with Crippen LogP contribution in [0.25, 0.3) is 0 Å². The lowest BCUT2D eigenvalue weighted by Gasteiger charge is -2.33. The normalized spacial score (nSPS) is 24.8. The van der Waals surface area contributed by atoms with Gasteiger partial charge in [0.25, 0.3) is 0 Å². The van der Waals surface area contributed by atoms with E-state index in [1.165, 1.54) is 18.9 Å². The number of benzene rings is 1. The Hall–Kier alpha value is -0.960. The van der Waals surface area contributed by atoms with Crippen LogP contribution in [0.2, 0.25) is 0 Å². The SMILES string of the molecule is CCC1(Cc2cccc(F)c2F)CCCCCN1. The second-order valence-corrected chi connectivity index (χ2v) is 5.26.